The van der Waals surface area contributed by atoms with E-state index in [9.17, 15) is 15.0 Å². The summed E-state index contributed by atoms with van der Waals surface area (Å²) in [6.45, 7) is 2.81. The largest absolute Gasteiger partial charge is 0.508 e. The minimum absolute atomic E-state index is 0.103. The molecule has 0 fully saturated rings. The van der Waals surface area contributed by atoms with Crippen LogP contribution in [0.15, 0.2) is 66.9 Å². The molecule has 6 N–H and O–H groups in total. The summed E-state index contributed by atoms with van der Waals surface area (Å²) in [6, 6.07) is 17.8. The summed E-state index contributed by atoms with van der Waals surface area (Å²) in [5.74, 6) is 0.467. The number of hydrogen-bond acceptors (Lipinski definition) is 6. The topological polar surface area (TPSA) is 120 Å². The molecule has 0 saturated heterocycles. The Morgan fingerprint density at radius 1 is 1.10 bits per heavy atom. The molecule has 0 aliphatic rings. The molecule has 0 radical (unpaired) electrons. The number of aromatic hydroxyl groups is 1. The van der Waals surface area contributed by atoms with Gasteiger partial charge in [0.2, 0.25) is 0 Å². The van der Waals surface area contributed by atoms with E-state index in [4.69, 9.17) is 5.73 Å². The average Bonchev–Trinajstić information content (AvgIpc) is 2.77. The molecule has 3 rings (SSSR count). The number of benzene rings is 2. The van der Waals surface area contributed by atoms with Crippen molar-refractivity contribution in [2.45, 2.75) is 32.0 Å². The number of nitrogens with zero attached hydrogens (tertiary/aromatic N) is 1. The Balaban J connectivity index is 1.50. The van der Waals surface area contributed by atoms with E-state index < -0.39 is 6.10 Å². The smallest absolute Gasteiger partial charge is 0.251 e. The lowest BCUT2D eigenvalue weighted by molar-refractivity contribution is 0.0951. The molecule has 0 spiro atoms. The van der Waals surface area contributed by atoms with Gasteiger partial charge in [0.1, 0.15) is 11.6 Å². The van der Waals surface area contributed by atoms with E-state index in [1.807, 2.05) is 25.1 Å². The zero-order valence-electron chi connectivity index (χ0n) is 17.5. The predicted molar refractivity (Wildman–Crippen MR) is 120 cm³/mol. The van der Waals surface area contributed by atoms with Crippen LogP contribution in [-0.2, 0) is 13.0 Å². The Bertz CT molecular complexity index is 990. The number of amides is 1. The summed E-state index contributed by atoms with van der Waals surface area (Å²) in [5.41, 5.74) is 8.82. The van der Waals surface area contributed by atoms with Crippen molar-refractivity contribution in [1.82, 2.24) is 15.6 Å². The van der Waals surface area contributed by atoms with Crippen molar-refractivity contribution in [3.05, 3.63) is 89.1 Å². The normalized spacial score (nSPS) is 12.8. The van der Waals surface area contributed by atoms with Crippen molar-refractivity contribution in [2.24, 2.45) is 0 Å². The van der Waals surface area contributed by atoms with Crippen LogP contribution in [0.1, 0.15) is 40.1 Å². The molecule has 2 atom stereocenters. The first-order chi connectivity index (χ1) is 14.9. The van der Waals surface area contributed by atoms with Gasteiger partial charge in [-0.3, -0.25) is 4.79 Å². The van der Waals surface area contributed by atoms with Gasteiger partial charge in [0.05, 0.1) is 6.10 Å². The van der Waals surface area contributed by atoms with Crippen molar-refractivity contribution in [1.29, 1.82) is 0 Å². The van der Waals surface area contributed by atoms with Crippen LogP contribution < -0.4 is 16.4 Å². The van der Waals surface area contributed by atoms with E-state index in [1.165, 1.54) is 0 Å². The second kappa shape index (κ2) is 10.6. The van der Waals surface area contributed by atoms with E-state index in [0.29, 0.717) is 36.5 Å². The predicted octanol–water partition coefficient (Wildman–Crippen LogP) is 2.55. The highest BCUT2D eigenvalue weighted by molar-refractivity contribution is 5.94. The van der Waals surface area contributed by atoms with Crippen molar-refractivity contribution >= 4 is 11.7 Å². The fourth-order valence-corrected chi connectivity index (χ4v) is 3.21. The molecule has 162 valence electrons. The monoisotopic (exact) mass is 420 g/mol. The standard InChI is InChI=1S/C24H28N4O3/c1-16(26-15-22(30)20-7-10-23(25)27-14-20)11-18-3-2-4-19(12-18)24(31)28-13-17-5-8-21(29)9-6-17/h2-10,12,14,16,22,26,29-30H,11,13,15H2,1H3,(H2,25,27)(H,28,31)/t16-,22+/m1/s1. The van der Waals surface area contributed by atoms with E-state index in [-0.39, 0.29) is 17.7 Å². The summed E-state index contributed by atoms with van der Waals surface area (Å²) >= 11 is 0. The number of pyridine rings is 1. The molecule has 2 aromatic carbocycles. The SMILES string of the molecule is C[C@H](Cc1cccc(C(=O)NCc2ccc(O)cc2)c1)NC[C@H](O)c1ccc(N)nc1. The lowest BCUT2D eigenvalue weighted by atomic mass is 10.0. The van der Waals surface area contributed by atoms with Crippen LogP contribution in [0.2, 0.25) is 0 Å². The molecule has 0 unspecified atom stereocenters. The Morgan fingerprint density at radius 3 is 2.58 bits per heavy atom. The average molecular weight is 421 g/mol. The summed E-state index contributed by atoms with van der Waals surface area (Å²) in [7, 11) is 0. The van der Waals surface area contributed by atoms with Crippen LogP contribution >= 0.6 is 0 Å². The van der Waals surface area contributed by atoms with Crippen LogP contribution in [0.25, 0.3) is 0 Å². The molecule has 7 nitrogen and oxygen atoms in total. The van der Waals surface area contributed by atoms with Crippen LogP contribution in [0.4, 0.5) is 5.82 Å². The first-order valence-corrected chi connectivity index (χ1v) is 10.2. The first-order valence-electron chi connectivity index (χ1n) is 10.2. The zero-order valence-corrected chi connectivity index (χ0v) is 17.5. The van der Waals surface area contributed by atoms with Crippen molar-refractivity contribution in [3.63, 3.8) is 0 Å². The second-order valence-electron chi connectivity index (χ2n) is 7.60. The van der Waals surface area contributed by atoms with Crippen LogP contribution in [0.3, 0.4) is 0 Å². The molecular weight excluding hydrogens is 392 g/mol. The third-order valence-corrected chi connectivity index (χ3v) is 4.97. The van der Waals surface area contributed by atoms with Gasteiger partial charge in [0.15, 0.2) is 0 Å². The summed E-state index contributed by atoms with van der Waals surface area (Å²) in [5, 5.41) is 25.8. The van der Waals surface area contributed by atoms with Crippen LogP contribution in [-0.4, -0.2) is 33.7 Å². The lowest BCUT2D eigenvalue weighted by Crippen LogP contribution is -2.32. The number of rotatable bonds is 9. The van der Waals surface area contributed by atoms with Gasteiger partial charge in [-0.15, -0.1) is 0 Å². The summed E-state index contributed by atoms with van der Waals surface area (Å²) in [6.07, 6.45) is 1.62. The maximum absolute atomic E-state index is 12.5. The Morgan fingerprint density at radius 2 is 1.87 bits per heavy atom. The van der Waals surface area contributed by atoms with Gasteiger partial charge >= 0.3 is 0 Å². The maximum atomic E-state index is 12.5. The molecule has 0 aliphatic carbocycles. The molecule has 1 heterocycles. The van der Waals surface area contributed by atoms with E-state index >= 15 is 0 Å². The second-order valence-corrected chi connectivity index (χ2v) is 7.60. The number of aromatic nitrogens is 1. The Kier molecular flexibility index (Phi) is 7.59. The molecule has 0 bridgehead atoms. The highest BCUT2D eigenvalue weighted by atomic mass is 16.3. The first kappa shape index (κ1) is 22.3. The van der Waals surface area contributed by atoms with E-state index in [2.05, 4.69) is 15.6 Å². The highest BCUT2D eigenvalue weighted by Gasteiger charge is 2.12. The number of anilines is 1. The quantitative estimate of drug-likeness (QED) is 0.363. The van der Waals surface area contributed by atoms with Gasteiger partial charge in [-0.05, 0) is 54.8 Å². The number of carbonyl (C=O) groups is 1. The minimum atomic E-state index is -0.674. The van der Waals surface area contributed by atoms with Gasteiger partial charge in [-0.2, -0.15) is 0 Å². The van der Waals surface area contributed by atoms with Crippen molar-refractivity contribution in [3.8, 4) is 5.75 Å². The van der Waals surface area contributed by atoms with Crippen LogP contribution in [0, 0.1) is 0 Å². The number of nitrogens with one attached hydrogen (secondary N) is 2. The Labute approximate surface area is 182 Å². The number of carbonyl (C=O) groups excluding carboxylic acids is 1. The number of aliphatic hydroxyl groups is 1. The fourth-order valence-electron chi connectivity index (χ4n) is 3.21. The zero-order chi connectivity index (χ0) is 22.2. The van der Waals surface area contributed by atoms with Gasteiger partial charge in [0, 0.05) is 36.5 Å². The van der Waals surface area contributed by atoms with Gasteiger partial charge in [0.25, 0.3) is 5.91 Å². The third kappa shape index (κ3) is 6.80. The molecule has 7 heteroatoms. The molecule has 0 saturated carbocycles. The number of hydrogen-bond donors (Lipinski definition) is 5. The van der Waals surface area contributed by atoms with Gasteiger partial charge in [-0.25, -0.2) is 4.98 Å². The highest BCUT2D eigenvalue weighted by Crippen LogP contribution is 2.13. The summed E-state index contributed by atoms with van der Waals surface area (Å²) < 4.78 is 0. The molecular formula is C24H28N4O3. The van der Waals surface area contributed by atoms with Crippen LogP contribution in [0.5, 0.6) is 5.75 Å². The van der Waals surface area contributed by atoms with E-state index in [1.54, 1.807) is 48.7 Å². The molecule has 31 heavy (non-hydrogen) atoms. The number of nitrogen functional groups attached to an aromatic ring is 1. The molecule has 1 aromatic heterocycles. The third-order valence-electron chi connectivity index (χ3n) is 4.97. The molecule has 3 aromatic rings. The number of nitrogens with two attached hydrogens (primary N) is 1. The summed E-state index contributed by atoms with van der Waals surface area (Å²) in [4.78, 5) is 16.5. The lowest BCUT2D eigenvalue weighted by Gasteiger charge is -2.18. The van der Waals surface area contributed by atoms with Gasteiger partial charge in [-0.1, -0.05) is 30.3 Å². The maximum Gasteiger partial charge on any atom is 0.251 e. The van der Waals surface area contributed by atoms with Crippen molar-refractivity contribution < 1.29 is 15.0 Å². The number of aliphatic hydroxyl groups excluding tert-OH is 1. The minimum Gasteiger partial charge on any atom is -0.508 e. The fraction of sp³-hybridized carbons (Fsp3) is 0.250. The molecule has 0 aliphatic heterocycles. The Hall–Kier alpha value is -3.42. The number of phenolic OH excluding ortho intramolecular Hbond substituents is 1. The molecule has 1 amide bonds. The van der Waals surface area contributed by atoms with E-state index in [0.717, 1.165) is 11.1 Å². The van der Waals surface area contributed by atoms with Crippen molar-refractivity contribution in [2.75, 3.05) is 12.3 Å². The van der Waals surface area contributed by atoms with Gasteiger partial charge < -0.3 is 26.6 Å². The number of phenols is 1.